The van der Waals surface area contributed by atoms with E-state index in [-0.39, 0.29) is 12.1 Å². The SMILES string of the molecule is COc1ccc(C(CNC(=O)N2CC(C)CC(C)C2)N(C)C)cc1. The summed E-state index contributed by atoms with van der Waals surface area (Å²) >= 11 is 0. The van der Waals surface area contributed by atoms with Crippen molar-refractivity contribution in [1.29, 1.82) is 0 Å². The van der Waals surface area contributed by atoms with Gasteiger partial charge in [0.1, 0.15) is 5.75 Å². The van der Waals surface area contributed by atoms with Crippen LogP contribution >= 0.6 is 0 Å². The zero-order valence-electron chi connectivity index (χ0n) is 15.6. The van der Waals surface area contributed by atoms with Crippen LogP contribution in [-0.2, 0) is 0 Å². The minimum absolute atomic E-state index is 0.0498. The summed E-state index contributed by atoms with van der Waals surface area (Å²) in [5.41, 5.74) is 1.17. The van der Waals surface area contributed by atoms with Crippen LogP contribution in [0.3, 0.4) is 0 Å². The van der Waals surface area contributed by atoms with E-state index in [0.717, 1.165) is 18.8 Å². The third kappa shape index (κ3) is 4.87. The van der Waals surface area contributed by atoms with Crippen LogP contribution in [0.4, 0.5) is 4.79 Å². The zero-order valence-corrected chi connectivity index (χ0v) is 15.6. The number of carbonyl (C=O) groups excluding carboxylic acids is 1. The van der Waals surface area contributed by atoms with Crippen LogP contribution in [-0.4, -0.2) is 56.7 Å². The highest BCUT2D eigenvalue weighted by Crippen LogP contribution is 2.22. The number of likely N-dealkylation sites (N-methyl/N-ethyl adjacent to an activating group) is 1. The van der Waals surface area contributed by atoms with E-state index in [4.69, 9.17) is 4.74 Å². The molecule has 1 fully saturated rings. The van der Waals surface area contributed by atoms with Gasteiger partial charge >= 0.3 is 6.03 Å². The Balaban J connectivity index is 1.96. The van der Waals surface area contributed by atoms with Crippen molar-refractivity contribution in [3.05, 3.63) is 29.8 Å². The minimum atomic E-state index is 0.0498. The lowest BCUT2D eigenvalue weighted by Gasteiger charge is -2.35. The number of ether oxygens (including phenoxy) is 1. The molecule has 2 amide bonds. The zero-order chi connectivity index (χ0) is 17.7. The van der Waals surface area contributed by atoms with E-state index < -0.39 is 0 Å². The van der Waals surface area contributed by atoms with Gasteiger partial charge in [0, 0.05) is 19.6 Å². The number of nitrogens with one attached hydrogen (secondary N) is 1. The molecule has 0 saturated carbocycles. The molecule has 0 aromatic heterocycles. The van der Waals surface area contributed by atoms with E-state index in [1.165, 1.54) is 12.0 Å². The van der Waals surface area contributed by atoms with Gasteiger partial charge in [0.25, 0.3) is 0 Å². The summed E-state index contributed by atoms with van der Waals surface area (Å²) in [4.78, 5) is 16.6. The summed E-state index contributed by atoms with van der Waals surface area (Å²) < 4.78 is 5.22. The Morgan fingerprint density at radius 2 is 1.83 bits per heavy atom. The number of benzene rings is 1. The largest absolute Gasteiger partial charge is 0.497 e. The summed E-state index contributed by atoms with van der Waals surface area (Å²) in [6.07, 6.45) is 1.20. The molecule has 5 heteroatoms. The van der Waals surface area contributed by atoms with E-state index in [1.807, 2.05) is 31.1 Å². The normalized spacial score (nSPS) is 22.3. The summed E-state index contributed by atoms with van der Waals surface area (Å²) in [6.45, 7) is 6.74. The Morgan fingerprint density at radius 3 is 2.33 bits per heavy atom. The molecule has 1 aliphatic rings. The second-order valence-electron chi connectivity index (χ2n) is 7.29. The quantitative estimate of drug-likeness (QED) is 0.901. The van der Waals surface area contributed by atoms with Crippen LogP contribution in [0.5, 0.6) is 5.75 Å². The predicted octanol–water partition coefficient (Wildman–Crippen LogP) is 2.99. The fourth-order valence-electron chi connectivity index (χ4n) is 3.55. The molecule has 1 aliphatic heterocycles. The van der Waals surface area contributed by atoms with Crippen molar-refractivity contribution in [2.75, 3.05) is 40.8 Å². The number of rotatable bonds is 5. The van der Waals surface area contributed by atoms with Gasteiger partial charge in [-0.1, -0.05) is 26.0 Å². The molecule has 1 aromatic rings. The average Bonchev–Trinajstić information content (AvgIpc) is 2.54. The second kappa shape index (κ2) is 8.38. The average molecular weight is 333 g/mol. The van der Waals surface area contributed by atoms with Crippen molar-refractivity contribution in [3.63, 3.8) is 0 Å². The Labute approximate surface area is 146 Å². The van der Waals surface area contributed by atoms with Gasteiger partial charge in [-0.2, -0.15) is 0 Å². The molecule has 1 saturated heterocycles. The topological polar surface area (TPSA) is 44.8 Å². The van der Waals surface area contributed by atoms with E-state index in [2.05, 4.69) is 36.2 Å². The number of nitrogens with zero attached hydrogens (tertiary/aromatic N) is 2. The van der Waals surface area contributed by atoms with Crippen molar-refractivity contribution in [2.45, 2.75) is 26.3 Å². The number of hydrogen-bond donors (Lipinski definition) is 1. The molecular formula is C19H31N3O2. The summed E-state index contributed by atoms with van der Waals surface area (Å²) in [7, 11) is 5.73. The number of urea groups is 1. The number of amides is 2. The Morgan fingerprint density at radius 1 is 1.25 bits per heavy atom. The molecule has 0 aliphatic carbocycles. The standard InChI is InChI=1S/C19H31N3O2/c1-14-10-15(2)13-22(12-14)19(23)20-11-18(21(3)4)16-6-8-17(24-5)9-7-16/h6-9,14-15,18H,10-13H2,1-5H3,(H,20,23). The molecule has 3 atom stereocenters. The summed E-state index contributed by atoms with van der Waals surface area (Å²) in [5.74, 6) is 1.99. The van der Waals surface area contributed by atoms with Crippen molar-refractivity contribution in [1.82, 2.24) is 15.1 Å². The maximum atomic E-state index is 12.5. The first-order valence-corrected chi connectivity index (χ1v) is 8.73. The molecule has 3 unspecified atom stereocenters. The van der Waals surface area contributed by atoms with Crippen LogP contribution in [0.1, 0.15) is 31.9 Å². The highest BCUT2D eigenvalue weighted by atomic mass is 16.5. The molecule has 0 radical (unpaired) electrons. The first-order valence-electron chi connectivity index (χ1n) is 8.73. The van der Waals surface area contributed by atoms with Gasteiger partial charge in [0.15, 0.2) is 0 Å². The highest BCUT2D eigenvalue weighted by Gasteiger charge is 2.26. The molecule has 0 spiro atoms. The molecule has 5 nitrogen and oxygen atoms in total. The lowest BCUT2D eigenvalue weighted by atomic mass is 9.92. The Kier molecular flexibility index (Phi) is 6.49. The number of hydrogen-bond acceptors (Lipinski definition) is 3. The summed E-state index contributed by atoms with van der Waals surface area (Å²) in [6, 6.07) is 8.22. The van der Waals surface area contributed by atoms with E-state index in [9.17, 15) is 4.79 Å². The molecule has 2 rings (SSSR count). The van der Waals surface area contributed by atoms with E-state index in [1.54, 1.807) is 7.11 Å². The van der Waals surface area contributed by atoms with E-state index in [0.29, 0.717) is 18.4 Å². The summed E-state index contributed by atoms with van der Waals surface area (Å²) in [5, 5.41) is 3.12. The second-order valence-corrected chi connectivity index (χ2v) is 7.29. The van der Waals surface area contributed by atoms with Crippen molar-refractivity contribution < 1.29 is 9.53 Å². The third-order valence-electron chi connectivity index (χ3n) is 4.73. The van der Waals surface area contributed by atoms with Gasteiger partial charge in [0.2, 0.25) is 0 Å². The van der Waals surface area contributed by atoms with Crippen LogP contribution < -0.4 is 10.1 Å². The number of carbonyl (C=O) groups is 1. The van der Waals surface area contributed by atoms with Crippen molar-refractivity contribution in [2.24, 2.45) is 11.8 Å². The molecule has 24 heavy (non-hydrogen) atoms. The van der Waals surface area contributed by atoms with E-state index >= 15 is 0 Å². The first-order chi connectivity index (χ1) is 11.4. The van der Waals surface area contributed by atoms with Crippen molar-refractivity contribution in [3.8, 4) is 5.75 Å². The van der Waals surface area contributed by atoms with Gasteiger partial charge in [-0.3, -0.25) is 0 Å². The lowest BCUT2D eigenvalue weighted by molar-refractivity contribution is 0.143. The smallest absolute Gasteiger partial charge is 0.317 e. The number of methoxy groups -OCH3 is 1. The first kappa shape index (κ1) is 18.6. The van der Waals surface area contributed by atoms with Gasteiger partial charge < -0.3 is 19.9 Å². The molecule has 0 bridgehead atoms. The number of piperidine rings is 1. The van der Waals surface area contributed by atoms with Crippen LogP contribution in [0.15, 0.2) is 24.3 Å². The number of likely N-dealkylation sites (tertiary alicyclic amines) is 1. The molecular weight excluding hydrogens is 302 g/mol. The fourth-order valence-corrected chi connectivity index (χ4v) is 3.55. The predicted molar refractivity (Wildman–Crippen MR) is 97.3 cm³/mol. The molecule has 1 heterocycles. The van der Waals surface area contributed by atoms with Gasteiger partial charge in [-0.05, 0) is 50.0 Å². The van der Waals surface area contributed by atoms with Gasteiger partial charge in [0.05, 0.1) is 13.2 Å². The third-order valence-corrected chi connectivity index (χ3v) is 4.73. The molecule has 134 valence electrons. The monoisotopic (exact) mass is 333 g/mol. The lowest BCUT2D eigenvalue weighted by Crippen LogP contribution is -2.48. The van der Waals surface area contributed by atoms with Crippen LogP contribution in [0, 0.1) is 11.8 Å². The fraction of sp³-hybridized carbons (Fsp3) is 0.632. The maximum Gasteiger partial charge on any atom is 0.317 e. The van der Waals surface area contributed by atoms with Gasteiger partial charge in [-0.15, -0.1) is 0 Å². The highest BCUT2D eigenvalue weighted by molar-refractivity contribution is 5.74. The maximum absolute atomic E-state index is 12.5. The van der Waals surface area contributed by atoms with Crippen LogP contribution in [0.25, 0.3) is 0 Å². The molecule has 1 aromatic carbocycles. The van der Waals surface area contributed by atoms with Crippen molar-refractivity contribution >= 4 is 6.03 Å². The van der Waals surface area contributed by atoms with Crippen LogP contribution in [0.2, 0.25) is 0 Å². The van der Waals surface area contributed by atoms with Gasteiger partial charge in [-0.25, -0.2) is 4.79 Å². The molecule has 1 N–H and O–H groups in total. The Bertz CT molecular complexity index is 520. The Hall–Kier alpha value is -1.75. The minimum Gasteiger partial charge on any atom is -0.497 e.